The molecule has 0 unspecified atom stereocenters. The van der Waals surface area contributed by atoms with Crippen LogP contribution in [0.3, 0.4) is 0 Å². The largest absolute Gasteiger partial charge is 0.508 e. The molecule has 0 atom stereocenters. The van der Waals surface area contributed by atoms with Gasteiger partial charge >= 0.3 is 0 Å². The van der Waals surface area contributed by atoms with E-state index in [-0.39, 0.29) is 23.7 Å². The van der Waals surface area contributed by atoms with Crippen LogP contribution in [0.1, 0.15) is 11.4 Å². The van der Waals surface area contributed by atoms with Gasteiger partial charge in [0.25, 0.3) is 5.56 Å². The lowest BCUT2D eigenvalue weighted by molar-refractivity contribution is 0.469. The van der Waals surface area contributed by atoms with Crippen LogP contribution in [0.15, 0.2) is 71.9 Å². The van der Waals surface area contributed by atoms with Gasteiger partial charge in [-0.3, -0.25) is 9.36 Å². The first-order valence-electron chi connectivity index (χ1n) is 11.0. The van der Waals surface area contributed by atoms with Gasteiger partial charge in [-0.05, 0) is 42.8 Å². The zero-order chi connectivity index (χ0) is 25.0. The lowest BCUT2D eigenvalue weighted by atomic mass is 10.1. The number of fused-ring (bicyclic) bond motifs is 2. The van der Waals surface area contributed by atoms with Crippen molar-refractivity contribution < 1.29 is 9.50 Å². The average molecular weight is 482 g/mol. The molecule has 2 aromatic carbocycles. The third kappa shape index (κ3) is 3.36. The Bertz CT molecular complexity index is 1830. The van der Waals surface area contributed by atoms with Crippen LogP contribution < -0.4 is 11.3 Å². The molecule has 4 heterocycles. The van der Waals surface area contributed by atoms with E-state index in [0.29, 0.717) is 39.3 Å². The molecular weight excluding hydrogens is 463 g/mol. The predicted molar refractivity (Wildman–Crippen MR) is 131 cm³/mol. The Morgan fingerprint density at radius 2 is 1.89 bits per heavy atom. The molecule has 0 bridgehead atoms. The minimum atomic E-state index is -0.628. The molecule has 0 spiro atoms. The molecule has 178 valence electrons. The second kappa shape index (κ2) is 8.01. The Labute approximate surface area is 202 Å². The first-order valence-corrected chi connectivity index (χ1v) is 11.0. The third-order valence-corrected chi connectivity index (χ3v) is 5.99. The molecule has 0 aliphatic heterocycles. The normalized spacial score (nSPS) is 11.5. The van der Waals surface area contributed by atoms with Crippen molar-refractivity contribution in [3.05, 3.63) is 94.7 Å². The number of hydrogen-bond acceptors (Lipinski definition) is 7. The van der Waals surface area contributed by atoms with Gasteiger partial charge in [-0.15, -0.1) is 0 Å². The first-order chi connectivity index (χ1) is 17.4. The highest BCUT2D eigenvalue weighted by Crippen LogP contribution is 2.32. The molecular formula is C25H19FN8O2. The van der Waals surface area contributed by atoms with Gasteiger partial charge in [-0.25, -0.2) is 23.6 Å². The lowest BCUT2D eigenvalue weighted by Gasteiger charge is -2.15. The standard InChI is InChI=1S/C25H19FN8O2/c1-14-5-2-3-6-18(14)34-20(30-32-8-4-7-19(32)25(34)36)12-33-24-21(23(27)28-13-29-24)22(31-33)15-9-16(26)11-17(35)10-15/h2-11,13,35H,12H2,1H3,(H2,27,28,29). The first kappa shape index (κ1) is 21.5. The number of aryl methyl sites for hydroxylation is 1. The molecule has 0 fully saturated rings. The van der Waals surface area contributed by atoms with E-state index in [9.17, 15) is 14.3 Å². The van der Waals surface area contributed by atoms with E-state index in [4.69, 9.17) is 10.8 Å². The maximum absolute atomic E-state index is 14.1. The highest BCUT2D eigenvalue weighted by atomic mass is 19.1. The van der Waals surface area contributed by atoms with Gasteiger partial charge in [-0.2, -0.15) is 10.2 Å². The van der Waals surface area contributed by atoms with E-state index in [1.54, 1.807) is 22.9 Å². The number of para-hydroxylation sites is 1. The van der Waals surface area contributed by atoms with Crippen molar-refractivity contribution in [2.45, 2.75) is 13.5 Å². The highest BCUT2D eigenvalue weighted by Gasteiger charge is 2.21. The van der Waals surface area contributed by atoms with Crippen LogP contribution in [0.4, 0.5) is 10.2 Å². The van der Waals surface area contributed by atoms with Crippen molar-refractivity contribution in [3.8, 4) is 22.7 Å². The number of aromatic nitrogens is 7. The van der Waals surface area contributed by atoms with Gasteiger partial charge in [0.05, 0.1) is 11.1 Å². The number of aromatic hydroxyl groups is 1. The second-order valence-electron chi connectivity index (χ2n) is 8.34. The number of nitrogens with two attached hydrogens (primary N) is 1. The summed E-state index contributed by atoms with van der Waals surface area (Å²) in [4.78, 5) is 22.0. The summed E-state index contributed by atoms with van der Waals surface area (Å²) < 4.78 is 18.7. The number of nitrogen functional groups attached to an aromatic ring is 1. The summed E-state index contributed by atoms with van der Waals surface area (Å²) in [5.41, 5.74) is 8.92. The summed E-state index contributed by atoms with van der Waals surface area (Å²) in [6.07, 6.45) is 3.00. The zero-order valence-electron chi connectivity index (χ0n) is 19.0. The topological polar surface area (TPSA) is 129 Å². The molecule has 6 rings (SSSR count). The fraction of sp³-hybridized carbons (Fsp3) is 0.0800. The number of anilines is 1. The van der Waals surface area contributed by atoms with Crippen molar-refractivity contribution in [1.29, 1.82) is 0 Å². The predicted octanol–water partition coefficient (Wildman–Crippen LogP) is 3.08. The number of rotatable bonds is 4. The summed E-state index contributed by atoms with van der Waals surface area (Å²) in [6, 6.07) is 14.6. The number of phenols is 1. The molecule has 0 aliphatic rings. The van der Waals surface area contributed by atoms with Gasteiger partial charge in [0.1, 0.15) is 41.5 Å². The number of halogens is 1. The number of phenolic OH excluding ortho intramolecular Hbond substituents is 1. The molecule has 0 aliphatic carbocycles. The monoisotopic (exact) mass is 482 g/mol. The molecule has 0 saturated carbocycles. The Hall–Kier alpha value is -5.06. The van der Waals surface area contributed by atoms with E-state index < -0.39 is 5.82 Å². The molecule has 0 saturated heterocycles. The van der Waals surface area contributed by atoms with E-state index in [0.717, 1.165) is 11.6 Å². The third-order valence-electron chi connectivity index (χ3n) is 5.99. The maximum Gasteiger partial charge on any atom is 0.282 e. The Morgan fingerprint density at radius 1 is 1.06 bits per heavy atom. The Kier molecular flexibility index (Phi) is 4.78. The number of nitrogens with zero attached hydrogens (tertiary/aromatic N) is 7. The second-order valence-corrected chi connectivity index (χ2v) is 8.34. The molecule has 4 aromatic heterocycles. The van der Waals surface area contributed by atoms with Crippen molar-refractivity contribution in [1.82, 2.24) is 33.9 Å². The van der Waals surface area contributed by atoms with E-state index in [1.807, 2.05) is 31.2 Å². The van der Waals surface area contributed by atoms with Crippen LogP contribution in [-0.2, 0) is 6.54 Å². The Morgan fingerprint density at radius 3 is 2.69 bits per heavy atom. The van der Waals surface area contributed by atoms with Gasteiger partial charge in [-0.1, -0.05) is 18.2 Å². The van der Waals surface area contributed by atoms with Crippen LogP contribution in [-0.4, -0.2) is 39.0 Å². The molecule has 10 nitrogen and oxygen atoms in total. The maximum atomic E-state index is 14.1. The highest BCUT2D eigenvalue weighted by molar-refractivity contribution is 5.98. The molecule has 36 heavy (non-hydrogen) atoms. The quantitative estimate of drug-likeness (QED) is 0.395. The number of benzene rings is 2. The van der Waals surface area contributed by atoms with Gasteiger partial charge in [0.15, 0.2) is 11.5 Å². The minimum absolute atomic E-state index is 0.0476. The molecule has 0 amide bonds. The molecule has 0 radical (unpaired) electrons. The van der Waals surface area contributed by atoms with Crippen molar-refractivity contribution in [3.63, 3.8) is 0 Å². The molecule has 3 N–H and O–H groups in total. The molecule has 11 heteroatoms. The van der Waals surface area contributed by atoms with Crippen molar-refractivity contribution >= 4 is 22.4 Å². The summed E-state index contributed by atoms with van der Waals surface area (Å²) in [5.74, 6) is -0.337. The van der Waals surface area contributed by atoms with E-state index in [2.05, 4.69) is 15.1 Å². The van der Waals surface area contributed by atoms with Gasteiger partial charge < -0.3 is 10.8 Å². The number of hydrogen-bond donors (Lipinski definition) is 2. The molecule has 6 aromatic rings. The lowest BCUT2D eigenvalue weighted by Crippen LogP contribution is -2.28. The zero-order valence-corrected chi connectivity index (χ0v) is 19.0. The average Bonchev–Trinajstić information content (AvgIpc) is 3.46. The summed E-state index contributed by atoms with van der Waals surface area (Å²) >= 11 is 0. The Balaban J connectivity index is 1.60. The van der Waals surface area contributed by atoms with Gasteiger partial charge in [0, 0.05) is 17.8 Å². The van der Waals surface area contributed by atoms with Crippen LogP contribution in [0.5, 0.6) is 5.75 Å². The summed E-state index contributed by atoms with van der Waals surface area (Å²) in [6.45, 7) is 1.96. The van der Waals surface area contributed by atoms with Crippen LogP contribution in [0, 0.1) is 12.7 Å². The fourth-order valence-corrected chi connectivity index (χ4v) is 4.38. The fourth-order valence-electron chi connectivity index (χ4n) is 4.38. The van der Waals surface area contributed by atoms with Crippen LogP contribution >= 0.6 is 0 Å². The SMILES string of the molecule is Cc1ccccc1-n1c(Cn2nc(-c3cc(O)cc(F)c3)c3c(N)ncnc32)nn2cccc2c1=O. The van der Waals surface area contributed by atoms with E-state index in [1.165, 1.54) is 27.7 Å². The summed E-state index contributed by atoms with van der Waals surface area (Å²) in [5, 5.41) is 19.7. The van der Waals surface area contributed by atoms with E-state index >= 15 is 0 Å². The van der Waals surface area contributed by atoms with Crippen molar-refractivity contribution in [2.75, 3.05) is 5.73 Å². The smallest absolute Gasteiger partial charge is 0.282 e. The summed E-state index contributed by atoms with van der Waals surface area (Å²) in [7, 11) is 0. The van der Waals surface area contributed by atoms with Gasteiger partial charge in [0.2, 0.25) is 0 Å². The minimum Gasteiger partial charge on any atom is -0.508 e. The van der Waals surface area contributed by atoms with Crippen LogP contribution in [0.2, 0.25) is 0 Å². The van der Waals surface area contributed by atoms with Crippen molar-refractivity contribution in [2.24, 2.45) is 0 Å². The van der Waals surface area contributed by atoms with Crippen LogP contribution in [0.25, 0.3) is 33.5 Å².